The third kappa shape index (κ3) is 3.19. The van der Waals surface area contributed by atoms with E-state index in [0.717, 1.165) is 11.1 Å². The zero-order valence-corrected chi connectivity index (χ0v) is 19.6. The van der Waals surface area contributed by atoms with E-state index < -0.39 is 5.82 Å². The number of nitrogens with zero attached hydrogens (tertiary/aromatic N) is 1. The molecule has 6 rings (SSSR count). The van der Waals surface area contributed by atoms with Crippen LogP contribution >= 0.6 is 0 Å². The minimum absolute atomic E-state index is 0.0929. The van der Waals surface area contributed by atoms with Gasteiger partial charge in [0.15, 0.2) is 28.8 Å². The number of benzene rings is 3. The van der Waals surface area contributed by atoms with Gasteiger partial charge in [0, 0.05) is 23.6 Å². The second kappa shape index (κ2) is 8.30. The van der Waals surface area contributed by atoms with E-state index in [2.05, 4.69) is 4.99 Å². The first kappa shape index (κ1) is 22.0. The van der Waals surface area contributed by atoms with Crippen molar-refractivity contribution in [2.75, 3.05) is 21.0 Å². The predicted molar refractivity (Wildman–Crippen MR) is 130 cm³/mol. The van der Waals surface area contributed by atoms with Crippen LogP contribution in [-0.2, 0) is 13.0 Å². The molecular weight excluding hydrogens is 467 g/mol. The zero-order valence-electron chi connectivity index (χ0n) is 19.6. The van der Waals surface area contributed by atoms with Crippen molar-refractivity contribution in [2.45, 2.75) is 13.0 Å². The Bertz CT molecular complexity index is 1640. The van der Waals surface area contributed by atoms with Gasteiger partial charge in [0.1, 0.15) is 5.56 Å². The Kier molecular flexibility index (Phi) is 5.06. The summed E-state index contributed by atoms with van der Waals surface area (Å²) in [5, 5.41) is 12.1. The van der Waals surface area contributed by atoms with Crippen LogP contribution in [0, 0.1) is 5.82 Å². The van der Waals surface area contributed by atoms with Gasteiger partial charge in [-0.3, -0.25) is 4.79 Å². The highest BCUT2D eigenvalue weighted by Gasteiger charge is 2.32. The lowest BCUT2D eigenvalue weighted by molar-refractivity contribution is -0.367. The van der Waals surface area contributed by atoms with E-state index in [4.69, 9.17) is 18.9 Å². The van der Waals surface area contributed by atoms with E-state index >= 15 is 0 Å². The SMILES string of the molecule is COc1ccc2c(C(O)=[NH+]c3ccccc3F)c3n(c(=O)c2c1OC)CCc1cc2c(cc1-3)OCO2. The molecule has 36 heavy (non-hydrogen) atoms. The molecule has 0 aliphatic carbocycles. The second-order valence-corrected chi connectivity index (χ2v) is 8.47. The van der Waals surface area contributed by atoms with Crippen molar-refractivity contribution in [3.05, 3.63) is 75.8 Å². The molecule has 0 radical (unpaired) electrons. The fourth-order valence-electron chi connectivity index (χ4n) is 4.98. The van der Waals surface area contributed by atoms with Crippen molar-refractivity contribution in [3.63, 3.8) is 0 Å². The number of nitrogens with one attached hydrogen (secondary N) is 1. The highest BCUT2D eigenvalue weighted by molar-refractivity contribution is 6.11. The van der Waals surface area contributed by atoms with E-state index in [1.807, 2.05) is 12.1 Å². The Labute approximate surface area is 204 Å². The number of hydrogen-bond acceptors (Lipinski definition) is 5. The van der Waals surface area contributed by atoms with Crippen LogP contribution in [0.2, 0.25) is 0 Å². The van der Waals surface area contributed by atoms with Crippen LogP contribution in [0.15, 0.2) is 53.3 Å². The number of aliphatic hydroxyl groups excluding tert-OH is 1. The number of pyridine rings is 1. The topological polar surface area (TPSA) is 93.1 Å². The Morgan fingerprint density at radius 2 is 1.86 bits per heavy atom. The number of para-hydroxylation sites is 1. The van der Waals surface area contributed by atoms with E-state index in [1.165, 1.54) is 26.4 Å². The summed E-state index contributed by atoms with van der Waals surface area (Å²) >= 11 is 0. The summed E-state index contributed by atoms with van der Waals surface area (Å²) < 4.78 is 38.2. The summed E-state index contributed by atoms with van der Waals surface area (Å²) in [6.07, 6.45) is 0.567. The number of methoxy groups -OCH3 is 2. The van der Waals surface area contributed by atoms with Crippen molar-refractivity contribution in [1.82, 2.24) is 4.57 Å². The fraction of sp³-hybridized carbons (Fsp3) is 0.185. The molecule has 2 aliphatic heterocycles. The van der Waals surface area contributed by atoms with E-state index in [-0.39, 0.29) is 35.1 Å². The van der Waals surface area contributed by atoms with Crippen LogP contribution in [0.3, 0.4) is 0 Å². The lowest BCUT2D eigenvalue weighted by Gasteiger charge is -2.25. The highest BCUT2D eigenvalue weighted by Crippen LogP contribution is 2.44. The number of ether oxygens (including phenoxy) is 4. The molecule has 2 aliphatic rings. The number of rotatable bonds is 4. The second-order valence-electron chi connectivity index (χ2n) is 8.47. The standard InChI is InChI=1S/C27H21FN2O6/c1-33-19-8-7-15-22(26(31)29-18-6-4-3-5-17(18)28)24-16-12-21-20(35-13-36-21)11-14(16)9-10-30(24)27(32)23(15)25(19)34-2/h3-8,11-12H,9-10,13H2,1-2H3,(H,29,31)/p+1. The van der Waals surface area contributed by atoms with Gasteiger partial charge in [-0.05, 0) is 42.3 Å². The minimum atomic E-state index is -0.529. The maximum Gasteiger partial charge on any atom is 0.374 e. The summed E-state index contributed by atoms with van der Waals surface area (Å²) in [4.78, 5) is 16.6. The molecule has 8 nitrogen and oxygen atoms in total. The number of aliphatic hydroxyl groups is 1. The summed E-state index contributed by atoms with van der Waals surface area (Å²) in [7, 11) is 2.94. The molecular formula is C27H22FN2O6+. The van der Waals surface area contributed by atoms with E-state index in [9.17, 15) is 14.3 Å². The maximum atomic E-state index is 14.5. The number of fused-ring (bicyclic) bond motifs is 5. The number of aryl methyl sites for hydroxylation is 1. The van der Waals surface area contributed by atoms with Gasteiger partial charge in [0.25, 0.3) is 5.56 Å². The molecule has 0 spiro atoms. The van der Waals surface area contributed by atoms with Gasteiger partial charge >= 0.3 is 5.90 Å². The number of halogens is 1. The van der Waals surface area contributed by atoms with Gasteiger partial charge in [-0.1, -0.05) is 12.1 Å². The van der Waals surface area contributed by atoms with Crippen LogP contribution in [-0.4, -0.2) is 36.6 Å². The zero-order chi connectivity index (χ0) is 25.0. The van der Waals surface area contributed by atoms with Gasteiger partial charge in [-0.15, -0.1) is 0 Å². The van der Waals surface area contributed by atoms with Crippen LogP contribution in [0.5, 0.6) is 23.0 Å². The third-order valence-corrected chi connectivity index (χ3v) is 6.60. The molecule has 9 heteroatoms. The molecule has 0 saturated heterocycles. The first-order valence-electron chi connectivity index (χ1n) is 11.3. The Balaban J connectivity index is 1.75. The van der Waals surface area contributed by atoms with Crippen LogP contribution in [0.4, 0.5) is 10.1 Å². The third-order valence-electron chi connectivity index (χ3n) is 6.60. The van der Waals surface area contributed by atoms with Crippen molar-refractivity contribution in [1.29, 1.82) is 0 Å². The molecule has 2 N–H and O–H groups in total. The summed E-state index contributed by atoms with van der Waals surface area (Å²) in [6.45, 7) is 0.468. The summed E-state index contributed by atoms with van der Waals surface area (Å²) in [6, 6.07) is 13.1. The molecule has 0 amide bonds. The molecule has 3 heterocycles. The Morgan fingerprint density at radius 1 is 1.08 bits per heavy atom. The Hall–Kier alpha value is -4.53. The van der Waals surface area contributed by atoms with E-state index in [1.54, 1.807) is 28.8 Å². The van der Waals surface area contributed by atoms with Crippen molar-refractivity contribution >= 4 is 22.4 Å². The van der Waals surface area contributed by atoms with Crippen LogP contribution in [0.25, 0.3) is 22.0 Å². The van der Waals surface area contributed by atoms with Crippen molar-refractivity contribution < 1.29 is 33.4 Å². The molecule has 0 bridgehead atoms. The lowest BCUT2D eigenvalue weighted by Crippen LogP contribution is -2.67. The predicted octanol–water partition coefficient (Wildman–Crippen LogP) is 2.83. The molecule has 0 saturated carbocycles. The summed E-state index contributed by atoms with van der Waals surface area (Å²) in [5.74, 6) is 0.983. The average Bonchev–Trinajstić information content (AvgIpc) is 3.35. The largest absolute Gasteiger partial charge is 0.493 e. The van der Waals surface area contributed by atoms with Gasteiger partial charge in [0.05, 0.1) is 25.3 Å². The number of hydrogen-bond donors (Lipinski definition) is 2. The highest BCUT2D eigenvalue weighted by atomic mass is 19.1. The maximum absolute atomic E-state index is 14.5. The first-order chi connectivity index (χ1) is 17.5. The molecule has 1 aromatic heterocycles. The van der Waals surface area contributed by atoms with Crippen molar-refractivity contribution in [2.24, 2.45) is 0 Å². The van der Waals surface area contributed by atoms with Crippen LogP contribution < -0.4 is 29.5 Å². The fourth-order valence-corrected chi connectivity index (χ4v) is 4.98. The molecule has 0 unspecified atom stereocenters. The van der Waals surface area contributed by atoms with Gasteiger partial charge in [-0.25, -0.2) is 0 Å². The van der Waals surface area contributed by atoms with Gasteiger partial charge in [-0.2, -0.15) is 9.38 Å². The molecule has 0 atom stereocenters. The Morgan fingerprint density at radius 3 is 2.61 bits per heavy atom. The molecule has 0 fully saturated rings. The van der Waals surface area contributed by atoms with Crippen molar-refractivity contribution in [3.8, 4) is 34.3 Å². The molecule has 182 valence electrons. The molecule has 4 aromatic rings. The average molecular weight is 489 g/mol. The van der Waals surface area contributed by atoms with Crippen LogP contribution in [0.1, 0.15) is 11.1 Å². The number of aromatic nitrogens is 1. The van der Waals surface area contributed by atoms with Gasteiger partial charge in [0.2, 0.25) is 12.5 Å². The smallest absolute Gasteiger partial charge is 0.374 e. The minimum Gasteiger partial charge on any atom is -0.493 e. The van der Waals surface area contributed by atoms with E-state index in [0.29, 0.717) is 46.9 Å². The normalized spacial score (nSPS) is 13.9. The monoisotopic (exact) mass is 489 g/mol. The lowest BCUT2D eigenvalue weighted by atomic mass is 9.90. The molecule has 3 aromatic carbocycles. The summed E-state index contributed by atoms with van der Waals surface area (Å²) in [5.41, 5.74) is 2.28. The van der Waals surface area contributed by atoms with Gasteiger partial charge < -0.3 is 28.6 Å². The first-order valence-corrected chi connectivity index (χ1v) is 11.3. The quantitative estimate of drug-likeness (QED) is 0.338.